The molecule has 0 aromatic heterocycles. The quantitative estimate of drug-likeness (QED) is 0.103. The van der Waals surface area contributed by atoms with Gasteiger partial charge in [0.05, 0.1) is 5.76 Å². The normalized spacial score (nSPS) is 19.6. The second-order valence-corrected chi connectivity index (χ2v) is 12.4. The van der Waals surface area contributed by atoms with Crippen LogP contribution in [0.15, 0.2) is 186 Å². The maximum atomic E-state index is 6.08. The fraction of sp³-hybridized carbons (Fsp3) is 0.196. The maximum Gasteiger partial charge on any atom is 0.131 e. The van der Waals surface area contributed by atoms with Crippen LogP contribution >= 0.6 is 0 Å². The molecular weight excluding hydrogens is 611 g/mol. The van der Waals surface area contributed by atoms with E-state index in [9.17, 15) is 0 Å². The van der Waals surface area contributed by atoms with Crippen molar-refractivity contribution in [3.63, 3.8) is 0 Å². The largest absolute Gasteiger partial charge is 0.493 e. The Bertz CT molecular complexity index is 1880. The van der Waals surface area contributed by atoms with Crippen LogP contribution in [0.3, 0.4) is 0 Å². The molecule has 0 bridgehead atoms. The molecule has 5 rings (SSSR count). The molecule has 2 N–H and O–H groups in total. The van der Waals surface area contributed by atoms with Gasteiger partial charge >= 0.3 is 0 Å². The van der Waals surface area contributed by atoms with Crippen LogP contribution in [0.4, 0.5) is 0 Å². The molecule has 4 nitrogen and oxygen atoms in total. The van der Waals surface area contributed by atoms with Gasteiger partial charge in [-0.1, -0.05) is 139 Å². The predicted octanol–water partition coefficient (Wildman–Crippen LogP) is 10.1. The Labute approximate surface area is 298 Å². The van der Waals surface area contributed by atoms with Gasteiger partial charge in [-0.3, -0.25) is 5.32 Å². The summed E-state index contributed by atoms with van der Waals surface area (Å²) < 4.78 is 6.08. The summed E-state index contributed by atoms with van der Waals surface area (Å²) in [5.74, 6) is 4.78. The van der Waals surface area contributed by atoms with Crippen LogP contribution in [0, 0.1) is 12.3 Å². The van der Waals surface area contributed by atoms with Crippen LogP contribution in [-0.2, 0) is 4.74 Å². The first-order valence-electron chi connectivity index (χ1n) is 17.3. The molecule has 0 radical (unpaired) electrons. The highest BCUT2D eigenvalue weighted by atomic mass is 16.5. The molecule has 252 valence electrons. The number of rotatable bonds is 14. The summed E-state index contributed by atoms with van der Waals surface area (Å²) in [6, 6.07) is 29.4. The minimum absolute atomic E-state index is 0.247. The van der Waals surface area contributed by atoms with Crippen molar-refractivity contribution in [1.82, 2.24) is 10.6 Å². The number of hydrogen-bond donors (Lipinski definition) is 2. The van der Waals surface area contributed by atoms with Crippen LogP contribution in [0.2, 0.25) is 0 Å². The van der Waals surface area contributed by atoms with Crippen LogP contribution < -0.4 is 10.6 Å². The highest BCUT2D eigenvalue weighted by Crippen LogP contribution is 2.27. The van der Waals surface area contributed by atoms with E-state index >= 15 is 0 Å². The molecule has 0 saturated heterocycles. The molecule has 0 fully saturated rings. The molecular formula is C46H47N3O. The molecule has 2 heterocycles. The number of amidine groups is 1. The van der Waals surface area contributed by atoms with E-state index in [1.54, 1.807) is 0 Å². The number of allylic oxidation sites excluding steroid dienone is 8. The number of benzene rings is 3. The standard InChI is InChI=1S/C46H47N3O/c1-6-10-26-42-32-41(33-50-42)43(19-8-3)46-48-44(39-29-27-38(28-30-39)37-23-15-12-16-24-37)47-45(49-46)40(18-7-2)31-34(5)20-17-25-35(9-4)36-21-13-11-14-22-36/h2,6,8-9,11-24,27-32,35,45-46,49H,1,4,10,25-26,33H2,3,5H3,(H,47,48)/b19-8-,20-17+,34-31+,40-18+,43-41+. The van der Waals surface area contributed by atoms with Gasteiger partial charge in [0, 0.05) is 17.9 Å². The average Bonchev–Trinajstić information content (AvgIpc) is 3.63. The van der Waals surface area contributed by atoms with Crippen LogP contribution in [0.1, 0.15) is 50.2 Å². The van der Waals surface area contributed by atoms with Crippen LogP contribution in [-0.4, -0.2) is 24.8 Å². The monoisotopic (exact) mass is 657 g/mol. The van der Waals surface area contributed by atoms with Gasteiger partial charge < -0.3 is 10.1 Å². The third kappa shape index (κ3) is 9.50. The first-order chi connectivity index (χ1) is 24.5. The first kappa shape index (κ1) is 35.7. The van der Waals surface area contributed by atoms with Gasteiger partial charge in [0.25, 0.3) is 0 Å². The minimum atomic E-state index is -0.401. The zero-order valence-corrected chi connectivity index (χ0v) is 29.2. The number of ether oxygens (including phenoxy) is 1. The Kier molecular flexibility index (Phi) is 13.0. The number of nitrogens with zero attached hydrogens (tertiary/aromatic N) is 1. The minimum Gasteiger partial charge on any atom is -0.493 e. The summed E-state index contributed by atoms with van der Waals surface area (Å²) in [4.78, 5) is 5.21. The Hall–Kier alpha value is -5.63. The summed E-state index contributed by atoms with van der Waals surface area (Å²) in [6.45, 7) is 12.6. The molecule has 3 atom stereocenters. The second kappa shape index (κ2) is 18.2. The van der Waals surface area contributed by atoms with E-state index in [0.29, 0.717) is 6.61 Å². The molecule has 3 aromatic rings. The first-order valence-corrected chi connectivity index (χ1v) is 17.3. The SMILES string of the molecule is C#C\C=C(/C=C(C)/C=C/CC(C=C)c1ccccc1)C1N=C(c2ccc(-c3ccccc3)cc2)NC(C(/C=C\C)=C2\C=C(CCC=C)OC2)N1. The molecule has 50 heavy (non-hydrogen) atoms. The smallest absolute Gasteiger partial charge is 0.131 e. The Morgan fingerprint density at radius 3 is 2.36 bits per heavy atom. The molecule has 3 unspecified atom stereocenters. The number of hydrogen-bond acceptors (Lipinski definition) is 4. The van der Waals surface area contributed by atoms with E-state index < -0.39 is 6.17 Å². The molecule has 0 amide bonds. The molecule has 3 aromatic carbocycles. The lowest BCUT2D eigenvalue weighted by molar-refractivity contribution is 0.249. The molecule has 0 aliphatic carbocycles. The van der Waals surface area contributed by atoms with E-state index in [0.717, 1.165) is 64.3 Å². The topological polar surface area (TPSA) is 45.7 Å². The van der Waals surface area contributed by atoms with Gasteiger partial charge in [0.1, 0.15) is 24.8 Å². The van der Waals surface area contributed by atoms with Crippen molar-refractivity contribution in [3.05, 3.63) is 192 Å². The fourth-order valence-corrected chi connectivity index (χ4v) is 6.13. The highest BCUT2D eigenvalue weighted by Gasteiger charge is 2.29. The third-order valence-corrected chi connectivity index (χ3v) is 8.74. The van der Waals surface area contributed by atoms with Gasteiger partial charge in [-0.25, -0.2) is 4.99 Å². The van der Waals surface area contributed by atoms with Gasteiger partial charge in [0.15, 0.2) is 0 Å². The molecule has 0 spiro atoms. The number of aliphatic imine (C=N–C) groups is 1. The maximum absolute atomic E-state index is 6.08. The highest BCUT2D eigenvalue weighted by molar-refractivity contribution is 6.00. The number of nitrogens with one attached hydrogen (secondary N) is 2. The zero-order chi connectivity index (χ0) is 35.1. The summed E-state index contributed by atoms with van der Waals surface area (Å²) in [5.41, 5.74) is 8.77. The van der Waals surface area contributed by atoms with Crippen molar-refractivity contribution in [3.8, 4) is 23.5 Å². The van der Waals surface area contributed by atoms with Crippen LogP contribution in [0.25, 0.3) is 11.1 Å². The van der Waals surface area contributed by atoms with Crippen molar-refractivity contribution in [2.75, 3.05) is 6.61 Å². The van der Waals surface area contributed by atoms with Crippen molar-refractivity contribution < 1.29 is 4.74 Å². The summed E-state index contributed by atoms with van der Waals surface area (Å²) >= 11 is 0. The summed E-state index contributed by atoms with van der Waals surface area (Å²) in [5, 5.41) is 7.45. The lowest BCUT2D eigenvalue weighted by Gasteiger charge is -2.33. The summed E-state index contributed by atoms with van der Waals surface area (Å²) in [7, 11) is 0. The average molecular weight is 658 g/mol. The Morgan fingerprint density at radius 2 is 1.68 bits per heavy atom. The van der Waals surface area contributed by atoms with Gasteiger partial charge in [-0.05, 0) is 72.3 Å². The Morgan fingerprint density at radius 1 is 0.980 bits per heavy atom. The van der Waals surface area contributed by atoms with Gasteiger partial charge in [-0.15, -0.1) is 19.6 Å². The molecule has 4 heteroatoms. The van der Waals surface area contributed by atoms with Gasteiger partial charge in [-0.2, -0.15) is 0 Å². The Balaban J connectivity index is 1.48. The number of terminal acetylenes is 1. The van der Waals surface area contributed by atoms with E-state index in [1.807, 2.05) is 37.3 Å². The lowest BCUT2D eigenvalue weighted by Crippen LogP contribution is -2.55. The van der Waals surface area contributed by atoms with E-state index in [-0.39, 0.29) is 12.1 Å². The van der Waals surface area contributed by atoms with Crippen molar-refractivity contribution >= 4 is 5.84 Å². The fourth-order valence-electron chi connectivity index (χ4n) is 6.13. The van der Waals surface area contributed by atoms with Crippen molar-refractivity contribution in [2.24, 2.45) is 4.99 Å². The van der Waals surface area contributed by atoms with E-state index in [2.05, 4.69) is 146 Å². The molecule has 2 aliphatic rings. The molecule has 0 saturated carbocycles. The van der Waals surface area contributed by atoms with Crippen molar-refractivity contribution in [2.45, 2.75) is 51.4 Å². The van der Waals surface area contributed by atoms with Crippen LogP contribution in [0.5, 0.6) is 0 Å². The third-order valence-electron chi connectivity index (χ3n) is 8.74. The lowest BCUT2D eigenvalue weighted by atomic mass is 9.95. The van der Waals surface area contributed by atoms with E-state index in [4.69, 9.17) is 16.2 Å². The molecule has 2 aliphatic heterocycles. The van der Waals surface area contributed by atoms with Gasteiger partial charge in [0.2, 0.25) is 0 Å². The van der Waals surface area contributed by atoms with Crippen molar-refractivity contribution in [1.29, 1.82) is 0 Å². The second-order valence-electron chi connectivity index (χ2n) is 12.4. The summed E-state index contributed by atoms with van der Waals surface area (Å²) in [6.07, 6.45) is 26.4. The van der Waals surface area contributed by atoms with E-state index in [1.165, 1.54) is 11.1 Å². The predicted molar refractivity (Wildman–Crippen MR) is 211 cm³/mol. The zero-order valence-electron chi connectivity index (χ0n) is 29.2.